The van der Waals surface area contributed by atoms with Crippen molar-refractivity contribution in [3.05, 3.63) is 45.3 Å². The van der Waals surface area contributed by atoms with Gasteiger partial charge in [-0.15, -0.1) is 0 Å². The second-order valence-corrected chi connectivity index (χ2v) is 7.73. The average Bonchev–Trinajstić information content (AvgIpc) is 2.82. The van der Waals surface area contributed by atoms with Gasteiger partial charge in [-0.25, -0.2) is 22.1 Å². The highest BCUT2D eigenvalue weighted by Gasteiger charge is 2.95. The van der Waals surface area contributed by atoms with Gasteiger partial charge in [0.15, 0.2) is 23.3 Å². The minimum atomic E-state index is -9.21. The number of hydrogen-bond donors (Lipinski definition) is 0. The highest BCUT2D eigenvalue weighted by atomic mass is 19.4. The highest BCUT2D eigenvalue weighted by molar-refractivity contribution is 5.81. The molecule has 2 nitrogen and oxygen atoms in total. The van der Waals surface area contributed by atoms with Gasteiger partial charge in [0.25, 0.3) is 0 Å². The molecule has 0 atom stereocenters. The van der Waals surface area contributed by atoms with Crippen LogP contribution in [0.4, 0.5) is 101 Å². The Morgan fingerprint density at radius 2 is 0.738 bits per heavy atom. The molecule has 25 heteroatoms. The summed E-state index contributed by atoms with van der Waals surface area (Å²) in [6.07, 6.45) is -8.06. The molecule has 0 saturated carbocycles. The molecule has 0 unspecified atom stereocenters. The second-order valence-electron chi connectivity index (χ2n) is 7.73. The van der Waals surface area contributed by atoms with Crippen LogP contribution >= 0.6 is 0 Å². The summed E-state index contributed by atoms with van der Waals surface area (Å²) in [4.78, 5) is 11.5. The molecule has 0 fully saturated rings. The van der Waals surface area contributed by atoms with E-state index < -0.39 is 104 Å². The van der Waals surface area contributed by atoms with Crippen LogP contribution in [0, 0.1) is 35.0 Å². The monoisotopic (exact) mass is 671 g/mol. The van der Waals surface area contributed by atoms with Crippen molar-refractivity contribution in [2.75, 3.05) is 0 Å². The Morgan fingerprint density at radius 3 is 1.12 bits per heavy atom. The standard InChI is InChI=1S/C17F23NO/c18-2-1-7(5(21)4(20)3(2)19)41(9(23)6(22)8(1)42)17(39,40)15(34,35)13(30,31)11(26,27)10(24,25)12(28,29)14(32,33)16(36,37)38. The van der Waals surface area contributed by atoms with Crippen LogP contribution in [0.3, 0.4) is 0 Å². The van der Waals surface area contributed by atoms with E-state index >= 15 is 0 Å². The number of rotatable bonds is 7. The Bertz CT molecular complexity index is 1480. The summed E-state index contributed by atoms with van der Waals surface area (Å²) in [7, 11) is 0. The van der Waals surface area contributed by atoms with Gasteiger partial charge >= 0.3 is 47.8 Å². The molecular weight excluding hydrogens is 671 g/mol. The van der Waals surface area contributed by atoms with Gasteiger partial charge < -0.3 is 0 Å². The molecule has 0 aliphatic carbocycles. The fourth-order valence-electron chi connectivity index (χ4n) is 3.00. The van der Waals surface area contributed by atoms with Crippen LogP contribution < -0.4 is 5.43 Å². The number of nitrogens with zero attached hydrogens (tertiary/aromatic N) is 1. The van der Waals surface area contributed by atoms with E-state index in [4.69, 9.17) is 0 Å². The van der Waals surface area contributed by atoms with Crippen LogP contribution in [0.5, 0.6) is 0 Å². The maximum absolute atomic E-state index is 14.5. The normalized spacial score (nSPS) is 15.1. The lowest BCUT2D eigenvalue weighted by Gasteiger charge is -2.43. The molecule has 1 heterocycles. The molecule has 0 spiro atoms. The molecule has 2 rings (SSSR count). The largest absolute Gasteiger partial charge is 0.460 e. The first-order valence-corrected chi connectivity index (χ1v) is 9.22. The van der Waals surface area contributed by atoms with Crippen molar-refractivity contribution in [1.29, 1.82) is 0 Å². The van der Waals surface area contributed by atoms with Crippen molar-refractivity contribution in [2.45, 2.75) is 47.8 Å². The van der Waals surface area contributed by atoms with E-state index in [0.29, 0.717) is 0 Å². The van der Waals surface area contributed by atoms with Crippen molar-refractivity contribution in [3.8, 4) is 0 Å². The summed E-state index contributed by atoms with van der Waals surface area (Å²) in [5, 5.41) is -3.11. The van der Waals surface area contributed by atoms with E-state index in [1.807, 2.05) is 0 Å². The van der Waals surface area contributed by atoms with Gasteiger partial charge in [-0.2, -0.15) is 83.4 Å². The molecule has 0 bridgehead atoms. The minimum absolute atomic E-state index is 3.11. The minimum Gasteiger partial charge on any atom is -0.286 e. The third-order valence-electron chi connectivity index (χ3n) is 5.26. The van der Waals surface area contributed by atoms with E-state index in [0.717, 1.165) is 0 Å². The average molecular weight is 671 g/mol. The second kappa shape index (κ2) is 9.16. The Hall–Kier alpha value is -3.18. The molecular formula is C17F23NO. The number of aromatic nitrogens is 1. The summed E-state index contributed by atoms with van der Waals surface area (Å²) in [6, 6.07) is -8.17. The predicted octanol–water partition coefficient (Wildman–Crippen LogP) is 7.76. The fraction of sp³-hybridized carbons (Fsp3) is 0.471. The lowest BCUT2D eigenvalue weighted by atomic mass is 9.90. The summed E-state index contributed by atoms with van der Waals surface area (Å²) >= 11 is 0. The smallest absolute Gasteiger partial charge is 0.286 e. The van der Waals surface area contributed by atoms with Crippen LogP contribution in [-0.2, 0) is 6.05 Å². The third kappa shape index (κ3) is 3.92. The summed E-state index contributed by atoms with van der Waals surface area (Å²) in [5.74, 6) is -75.6. The number of pyridine rings is 1. The molecule has 0 aliphatic heterocycles. The lowest BCUT2D eigenvalue weighted by Crippen LogP contribution is -2.74. The number of hydrogen-bond acceptors (Lipinski definition) is 1. The maximum atomic E-state index is 14.5. The molecule has 2 aromatic rings. The Labute approximate surface area is 210 Å². The fourth-order valence-corrected chi connectivity index (χ4v) is 3.00. The van der Waals surface area contributed by atoms with Gasteiger partial charge in [0, 0.05) is 0 Å². The SMILES string of the molecule is O=c1c(F)c(F)n(C(F)(F)C(F)(F)C(F)(F)C(F)(F)C(F)(F)C(F)(F)C(F)(F)C(F)(F)F)c2c(F)c(F)c(F)c(F)c12. The van der Waals surface area contributed by atoms with Gasteiger partial charge in [0.2, 0.25) is 17.2 Å². The molecule has 0 aliphatic rings. The molecule has 1 aromatic heterocycles. The van der Waals surface area contributed by atoms with E-state index in [2.05, 4.69) is 0 Å². The molecule has 0 saturated heterocycles. The van der Waals surface area contributed by atoms with Crippen LogP contribution in [0.25, 0.3) is 10.9 Å². The zero-order valence-corrected chi connectivity index (χ0v) is 18.0. The van der Waals surface area contributed by atoms with Crippen LogP contribution in [0.1, 0.15) is 0 Å². The molecule has 0 radical (unpaired) electrons. The quantitative estimate of drug-likeness (QED) is 0.128. The van der Waals surface area contributed by atoms with Gasteiger partial charge in [0.1, 0.15) is 5.52 Å². The van der Waals surface area contributed by atoms with Gasteiger partial charge in [-0.05, 0) is 0 Å². The lowest BCUT2D eigenvalue weighted by molar-refractivity contribution is -0.467. The van der Waals surface area contributed by atoms with Gasteiger partial charge in [0.05, 0.1) is 5.39 Å². The Kier molecular flexibility index (Phi) is 7.64. The van der Waals surface area contributed by atoms with Crippen molar-refractivity contribution in [2.24, 2.45) is 0 Å². The van der Waals surface area contributed by atoms with Gasteiger partial charge in [-0.3, -0.25) is 4.79 Å². The van der Waals surface area contributed by atoms with E-state index in [1.54, 1.807) is 0 Å². The third-order valence-corrected chi connectivity index (χ3v) is 5.26. The predicted molar refractivity (Wildman–Crippen MR) is 83.9 cm³/mol. The van der Waals surface area contributed by atoms with Crippen molar-refractivity contribution in [1.82, 2.24) is 4.57 Å². The molecule has 42 heavy (non-hydrogen) atoms. The van der Waals surface area contributed by atoms with E-state index in [9.17, 15) is 106 Å². The molecule has 0 amide bonds. The Balaban J connectivity index is 3.05. The number of fused-ring (bicyclic) bond motifs is 1. The number of alkyl halides is 17. The zero-order valence-electron chi connectivity index (χ0n) is 18.0. The Morgan fingerprint density at radius 1 is 0.405 bits per heavy atom. The first-order valence-electron chi connectivity index (χ1n) is 9.22. The summed E-state index contributed by atoms with van der Waals surface area (Å²) < 4.78 is 308. The molecule has 1 aromatic carbocycles. The van der Waals surface area contributed by atoms with Gasteiger partial charge in [-0.1, -0.05) is 0 Å². The zero-order chi connectivity index (χ0) is 33.8. The van der Waals surface area contributed by atoms with E-state index in [1.165, 1.54) is 0 Å². The summed E-state index contributed by atoms with van der Waals surface area (Å²) in [5.41, 5.74) is -6.77. The summed E-state index contributed by atoms with van der Waals surface area (Å²) in [6.45, 7) is 0. The van der Waals surface area contributed by atoms with Crippen LogP contribution in [0.2, 0.25) is 0 Å². The first kappa shape index (κ1) is 35.0. The van der Waals surface area contributed by atoms with Crippen LogP contribution in [0.15, 0.2) is 4.79 Å². The number of benzene rings is 1. The topological polar surface area (TPSA) is 22.0 Å². The van der Waals surface area contributed by atoms with Crippen LogP contribution in [-0.4, -0.2) is 46.3 Å². The number of halogens is 23. The van der Waals surface area contributed by atoms with Crippen molar-refractivity contribution >= 4 is 10.9 Å². The van der Waals surface area contributed by atoms with E-state index in [-0.39, 0.29) is 0 Å². The molecule has 240 valence electrons. The van der Waals surface area contributed by atoms with Crippen molar-refractivity contribution < 1.29 is 101 Å². The highest BCUT2D eigenvalue weighted by Crippen LogP contribution is 2.64. The maximum Gasteiger partial charge on any atom is 0.460 e. The first-order chi connectivity index (χ1) is 18.2. The molecule has 0 N–H and O–H groups in total. The van der Waals surface area contributed by atoms with Crippen molar-refractivity contribution in [3.63, 3.8) is 0 Å².